The van der Waals surface area contributed by atoms with E-state index in [4.69, 9.17) is 11.6 Å². The average Bonchev–Trinajstić information content (AvgIpc) is 2.75. The highest BCUT2D eigenvalue weighted by Crippen LogP contribution is 2.41. The number of hydrogen-bond donors (Lipinski definition) is 2. The Morgan fingerprint density at radius 3 is 2.18 bits per heavy atom. The molecule has 34 heavy (non-hydrogen) atoms. The number of halogens is 1. The highest BCUT2D eigenvalue weighted by molar-refractivity contribution is 7.93. The van der Waals surface area contributed by atoms with Crippen LogP contribution in [0.25, 0.3) is 0 Å². The van der Waals surface area contributed by atoms with Gasteiger partial charge in [-0.3, -0.25) is 14.8 Å². The third-order valence-electron chi connectivity index (χ3n) is 5.13. The van der Waals surface area contributed by atoms with E-state index in [0.29, 0.717) is 5.02 Å². The van der Waals surface area contributed by atoms with Crippen molar-refractivity contribution < 1.29 is 26.9 Å². The molecule has 12 heteroatoms. The van der Waals surface area contributed by atoms with Gasteiger partial charge in [-0.2, -0.15) is 0 Å². The molecule has 0 spiro atoms. The van der Waals surface area contributed by atoms with E-state index in [2.05, 4.69) is 4.72 Å². The SMILES string of the molecule is Cc1c(NS(=O)(=O)c2cccc([N+](=O)[O-])c2)cc(C(C)C)c(O)c1S(=O)(=O)c1ccc(Cl)cc1. The van der Waals surface area contributed by atoms with Gasteiger partial charge in [0, 0.05) is 17.2 Å². The van der Waals surface area contributed by atoms with Crippen LogP contribution in [0.2, 0.25) is 5.02 Å². The van der Waals surface area contributed by atoms with Crippen molar-refractivity contribution in [2.45, 2.75) is 41.4 Å². The lowest BCUT2D eigenvalue weighted by molar-refractivity contribution is -0.385. The fraction of sp³-hybridized carbons (Fsp3) is 0.182. The number of sulfonamides is 1. The van der Waals surface area contributed by atoms with Gasteiger partial charge in [-0.25, -0.2) is 16.8 Å². The van der Waals surface area contributed by atoms with E-state index in [1.54, 1.807) is 13.8 Å². The molecule has 180 valence electrons. The topological polar surface area (TPSA) is 144 Å². The minimum absolute atomic E-state index is 0.0362. The van der Waals surface area contributed by atoms with Crippen molar-refractivity contribution in [3.63, 3.8) is 0 Å². The average molecular weight is 525 g/mol. The normalized spacial score (nSPS) is 12.0. The first-order valence-electron chi connectivity index (χ1n) is 9.90. The number of nitrogens with zero attached hydrogens (tertiary/aromatic N) is 1. The molecule has 3 aromatic carbocycles. The number of phenols is 1. The number of nitrogens with one attached hydrogen (secondary N) is 1. The zero-order chi connectivity index (χ0) is 25.4. The highest BCUT2D eigenvalue weighted by atomic mass is 35.5. The number of anilines is 1. The Labute approximate surface area is 202 Å². The minimum atomic E-state index is -4.33. The van der Waals surface area contributed by atoms with Crippen LogP contribution in [0.3, 0.4) is 0 Å². The smallest absolute Gasteiger partial charge is 0.270 e. The molecule has 0 atom stereocenters. The number of aromatic hydroxyl groups is 1. The number of nitro benzene ring substituents is 1. The summed E-state index contributed by atoms with van der Waals surface area (Å²) in [5.74, 6) is -0.846. The summed E-state index contributed by atoms with van der Waals surface area (Å²) in [7, 11) is -8.59. The van der Waals surface area contributed by atoms with Crippen molar-refractivity contribution in [2.75, 3.05) is 4.72 Å². The van der Waals surface area contributed by atoms with Crippen LogP contribution >= 0.6 is 11.6 Å². The van der Waals surface area contributed by atoms with Gasteiger partial charge in [-0.15, -0.1) is 0 Å². The Bertz CT molecular complexity index is 1480. The van der Waals surface area contributed by atoms with E-state index < -0.39 is 41.1 Å². The lowest BCUT2D eigenvalue weighted by Crippen LogP contribution is -2.16. The summed E-state index contributed by atoms with van der Waals surface area (Å²) in [5, 5.41) is 22.2. The number of nitro groups is 1. The number of non-ortho nitro benzene ring substituents is 1. The zero-order valence-electron chi connectivity index (χ0n) is 18.3. The van der Waals surface area contributed by atoms with Crippen molar-refractivity contribution in [2.24, 2.45) is 0 Å². The Balaban J connectivity index is 2.21. The molecular weight excluding hydrogens is 504 g/mol. The van der Waals surface area contributed by atoms with E-state index in [1.165, 1.54) is 49.4 Å². The molecule has 3 rings (SSSR count). The van der Waals surface area contributed by atoms with E-state index in [1.807, 2.05) is 0 Å². The fourth-order valence-electron chi connectivity index (χ4n) is 3.34. The maximum Gasteiger partial charge on any atom is 0.270 e. The van der Waals surface area contributed by atoms with Gasteiger partial charge in [0.25, 0.3) is 15.7 Å². The number of phenolic OH excluding ortho intramolecular Hbond substituents is 1. The van der Waals surface area contributed by atoms with Crippen molar-refractivity contribution in [1.82, 2.24) is 0 Å². The zero-order valence-corrected chi connectivity index (χ0v) is 20.7. The van der Waals surface area contributed by atoms with E-state index in [0.717, 1.165) is 12.1 Å². The Morgan fingerprint density at radius 1 is 1.00 bits per heavy atom. The number of rotatable bonds is 7. The van der Waals surface area contributed by atoms with Gasteiger partial charge in [0.2, 0.25) is 9.84 Å². The molecule has 0 heterocycles. The van der Waals surface area contributed by atoms with Crippen LogP contribution in [0.5, 0.6) is 5.75 Å². The molecule has 0 aromatic heterocycles. The van der Waals surface area contributed by atoms with Crippen LogP contribution in [-0.2, 0) is 19.9 Å². The standard InChI is InChI=1S/C22H21ClN2O7S2/c1-13(2)19-12-20(24-34(31,32)18-6-4-5-16(11-18)25(27)28)14(3)22(21(19)26)33(29,30)17-9-7-15(23)8-10-17/h4-13,24,26H,1-3H3. The summed E-state index contributed by atoms with van der Waals surface area (Å²) in [5.41, 5.74) is -0.333. The number of hydrogen-bond acceptors (Lipinski definition) is 7. The lowest BCUT2D eigenvalue weighted by atomic mass is 9.99. The van der Waals surface area contributed by atoms with Crippen molar-refractivity contribution in [3.8, 4) is 5.75 Å². The van der Waals surface area contributed by atoms with Crippen molar-refractivity contribution >= 4 is 42.8 Å². The van der Waals surface area contributed by atoms with Gasteiger partial charge in [-0.05, 0) is 60.4 Å². The molecule has 0 amide bonds. The van der Waals surface area contributed by atoms with Crippen LogP contribution < -0.4 is 4.72 Å². The summed E-state index contributed by atoms with van der Waals surface area (Å²) in [6.45, 7) is 4.78. The van der Waals surface area contributed by atoms with E-state index in [9.17, 15) is 32.1 Å². The monoisotopic (exact) mass is 524 g/mol. The predicted octanol–water partition coefficient (Wildman–Crippen LogP) is 5.02. The first-order valence-corrected chi connectivity index (χ1v) is 13.2. The molecular formula is C22H21ClN2O7S2. The fourth-order valence-corrected chi connectivity index (χ4v) is 6.23. The van der Waals surface area contributed by atoms with Gasteiger partial charge in [0.1, 0.15) is 10.6 Å². The second-order valence-corrected chi connectivity index (χ2v) is 11.8. The molecule has 0 aliphatic rings. The van der Waals surface area contributed by atoms with E-state index in [-0.39, 0.29) is 32.5 Å². The molecule has 2 N–H and O–H groups in total. The van der Waals surface area contributed by atoms with Crippen molar-refractivity contribution in [1.29, 1.82) is 0 Å². The predicted molar refractivity (Wildman–Crippen MR) is 128 cm³/mol. The molecule has 9 nitrogen and oxygen atoms in total. The van der Waals surface area contributed by atoms with Crippen LogP contribution in [0.15, 0.2) is 69.3 Å². The first-order chi connectivity index (χ1) is 15.8. The maximum absolute atomic E-state index is 13.4. The summed E-state index contributed by atoms with van der Waals surface area (Å²) in [6, 6.07) is 11.2. The van der Waals surface area contributed by atoms with Gasteiger partial charge >= 0.3 is 0 Å². The van der Waals surface area contributed by atoms with Crippen molar-refractivity contribution in [3.05, 3.63) is 80.9 Å². The quantitative estimate of drug-likeness (QED) is 0.251. The van der Waals surface area contributed by atoms with Crippen LogP contribution in [-0.4, -0.2) is 26.9 Å². The van der Waals surface area contributed by atoms with Crippen LogP contribution in [0.1, 0.15) is 30.9 Å². The molecule has 0 aliphatic carbocycles. The Morgan fingerprint density at radius 2 is 1.62 bits per heavy atom. The number of sulfone groups is 1. The van der Waals surface area contributed by atoms with Gasteiger partial charge in [-0.1, -0.05) is 31.5 Å². The highest BCUT2D eigenvalue weighted by Gasteiger charge is 2.30. The minimum Gasteiger partial charge on any atom is -0.506 e. The third-order valence-corrected chi connectivity index (χ3v) is 8.68. The Kier molecular flexibility index (Phi) is 6.92. The molecule has 0 radical (unpaired) electrons. The molecule has 0 fully saturated rings. The lowest BCUT2D eigenvalue weighted by Gasteiger charge is -2.20. The van der Waals surface area contributed by atoms with Gasteiger partial charge in [0.15, 0.2) is 0 Å². The molecule has 0 bridgehead atoms. The third kappa shape index (κ3) is 4.86. The summed E-state index contributed by atoms with van der Waals surface area (Å²) < 4.78 is 55.2. The molecule has 3 aromatic rings. The molecule has 0 saturated heterocycles. The molecule has 0 saturated carbocycles. The largest absolute Gasteiger partial charge is 0.506 e. The van der Waals surface area contributed by atoms with Gasteiger partial charge in [0.05, 0.1) is 20.4 Å². The van der Waals surface area contributed by atoms with Crippen LogP contribution in [0.4, 0.5) is 11.4 Å². The summed E-state index contributed by atoms with van der Waals surface area (Å²) in [4.78, 5) is 9.37. The summed E-state index contributed by atoms with van der Waals surface area (Å²) >= 11 is 5.86. The second kappa shape index (κ2) is 9.24. The first kappa shape index (κ1) is 25.5. The second-order valence-electron chi connectivity index (χ2n) is 7.79. The summed E-state index contributed by atoms with van der Waals surface area (Å²) in [6.07, 6.45) is 0. The maximum atomic E-state index is 13.4. The van der Waals surface area contributed by atoms with Crippen LogP contribution in [0, 0.1) is 17.0 Å². The molecule has 0 aliphatic heterocycles. The molecule has 0 unspecified atom stereocenters. The Hall–Kier alpha value is -3.15. The number of benzene rings is 3. The van der Waals surface area contributed by atoms with E-state index >= 15 is 0 Å². The van der Waals surface area contributed by atoms with Gasteiger partial charge < -0.3 is 5.11 Å².